The van der Waals surface area contributed by atoms with E-state index in [-0.39, 0.29) is 5.91 Å². The molecule has 0 saturated heterocycles. The molecule has 0 atom stereocenters. The van der Waals surface area contributed by atoms with Crippen molar-refractivity contribution in [2.75, 3.05) is 12.4 Å². The zero-order valence-electron chi connectivity index (χ0n) is 15.7. The number of pyridine rings is 1. The average molecular weight is 362 g/mol. The van der Waals surface area contributed by atoms with Crippen LogP contribution in [-0.4, -0.2) is 18.0 Å². The average Bonchev–Trinajstić information content (AvgIpc) is 2.68. The molecule has 0 aliphatic carbocycles. The minimum atomic E-state index is -0.191. The molecule has 2 aromatic carbocycles. The zero-order valence-corrected chi connectivity index (χ0v) is 15.7. The Hall–Kier alpha value is -3.34. The molecule has 0 aliphatic rings. The number of ether oxygens (including phenoxy) is 2. The highest BCUT2D eigenvalue weighted by molar-refractivity contribution is 6.05. The fraction of sp³-hybridized carbons (Fsp3) is 0.182. The maximum atomic E-state index is 12.6. The highest BCUT2D eigenvalue weighted by Crippen LogP contribution is 2.26. The van der Waals surface area contributed by atoms with Gasteiger partial charge in [0.2, 0.25) is 0 Å². The molecule has 1 heterocycles. The van der Waals surface area contributed by atoms with Gasteiger partial charge in [0, 0.05) is 17.4 Å². The van der Waals surface area contributed by atoms with Gasteiger partial charge in [0.05, 0.1) is 18.4 Å². The van der Waals surface area contributed by atoms with E-state index in [0.29, 0.717) is 22.7 Å². The Morgan fingerprint density at radius 2 is 1.74 bits per heavy atom. The van der Waals surface area contributed by atoms with Crippen molar-refractivity contribution >= 4 is 11.6 Å². The number of nitrogens with zero attached hydrogens (tertiary/aromatic N) is 1. The highest BCUT2D eigenvalue weighted by atomic mass is 16.5. The van der Waals surface area contributed by atoms with Crippen LogP contribution in [0.15, 0.2) is 60.7 Å². The molecule has 3 rings (SSSR count). The molecule has 0 radical (unpaired) electrons. The number of methoxy groups -OCH3 is 1. The summed E-state index contributed by atoms with van der Waals surface area (Å²) < 4.78 is 11.0. The minimum absolute atomic E-state index is 0.191. The third-order valence-corrected chi connectivity index (χ3v) is 4.14. The SMILES string of the molecule is CCc1ccc(C(=O)Nc2cccc(Oc3ccc(OC)cc3)c2)c(C)n1. The summed E-state index contributed by atoms with van der Waals surface area (Å²) in [6.07, 6.45) is 0.841. The molecule has 138 valence electrons. The molecular weight excluding hydrogens is 340 g/mol. The molecule has 0 saturated carbocycles. The lowest BCUT2D eigenvalue weighted by molar-refractivity contribution is 0.102. The van der Waals surface area contributed by atoms with Crippen molar-refractivity contribution in [2.45, 2.75) is 20.3 Å². The van der Waals surface area contributed by atoms with Crippen molar-refractivity contribution in [3.05, 3.63) is 77.6 Å². The van der Waals surface area contributed by atoms with Crippen LogP contribution >= 0.6 is 0 Å². The van der Waals surface area contributed by atoms with E-state index in [1.807, 2.05) is 68.4 Å². The number of aromatic nitrogens is 1. The van der Waals surface area contributed by atoms with Crippen LogP contribution in [0.25, 0.3) is 0 Å². The quantitative estimate of drug-likeness (QED) is 0.670. The van der Waals surface area contributed by atoms with Gasteiger partial charge in [-0.2, -0.15) is 0 Å². The Morgan fingerprint density at radius 3 is 2.41 bits per heavy atom. The number of hydrogen-bond donors (Lipinski definition) is 1. The van der Waals surface area contributed by atoms with Gasteiger partial charge in [-0.25, -0.2) is 0 Å². The Morgan fingerprint density at radius 1 is 1.00 bits per heavy atom. The first-order valence-electron chi connectivity index (χ1n) is 8.79. The van der Waals surface area contributed by atoms with Gasteiger partial charge in [-0.05, 0) is 61.9 Å². The molecule has 1 N–H and O–H groups in total. The van der Waals surface area contributed by atoms with E-state index in [1.54, 1.807) is 13.2 Å². The maximum Gasteiger partial charge on any atom is 0.257 e. The number of hydrogen-bond acceptors (Lipinski definition) is 4. The minimum Gasteiger partial charge on any atom is -0.497 e. The monoisotopic (exact) mass is 362 g/mol. The van der Waals surface area contributed by atoms with Gasteiger partial charge in [0.15, 0.2) is 0 Å². The van der Waals surface area contributed by atoms with E-state index < -0.39 is 0 Å². The molecule has 1 amide bonds. The Balaban J connectivity index is 1.72. The molecule has 0 aliphatic heterocycles. The van der Waals surface area contributed by atoms with Crippen LogP contribution in [0, 0.1) is 6.92 Å². The number of carbonyl (C=O) groups excluding carboxylic acids is 1. The second kappa shape index (κ2) is 8.36. The molecule has 5 nitrogen and oxygen atoms in total. The van der Waals surface area contributed by atoms with Crippen LogP contribution in [0.3, 0.4) is 0 Å². The fourth-order valence-electron chi connectivity index (χ4n) is 2.67. The summed E-state index contributed by atoms with van der Waals surface area (Å²) in [5.41, 5.74) is 2.91. The lowest BCUT2D eigenvalue weighted by Crippen LogP contribution is -2.14. The first-order valence-corrected chi connectivity index (χ1v) is 8.79. The van der Waals surface area contributed by atoms with Crippen LogP contribution in [0.4, 0.5) is 5.69 Å². The second-order valence-electron chi connectivity index (χ2n) is 6.05. The summed E-state index contributed by atoms with van der Waals surface area (Å²) in [6, 6.07) is 18.3. The number of nitrogens with one attached hydrogen (secondary N) is 1. The van der Waals surface area contributed by atoms with Crippen molar-refractivity contribution in [1.29, 1.82) is 0 Å². The van der Waals surface area contributed by atoms with Gasteiger partial charge >= 0.3 is 0 Å². The molecule has 27 heavy (non-hydrogen) atoms. The van der Waals surface area contributed by atoms with Crippen molar-refractivity contribution in [1.82, 2.24) is 4.98 Å². The normalized spacial score (nSPS) is 10.3. The molecule has 3 aromatic rings. The number of amides is 1. The number of rotatable bonds is 6. The van der Waals surface area contributed by atoms with Gasteiger partial charge < -0.3 is 14.8 Å². The molecule has 0 fully saturated rings. The predicted octanol–water partition coefficient (Wildman–Crippen LogP) is 5.01. The van der Waals surface area contributed by atoms with Crippen LogP contribution in [0.5, 0.6) is 17.2 Å². The number of benzene rings is 2. The van der Waals surface area contributed by atoms with Crippen LogP contribution in [0.1, 0.15) is 28.7 Å². The largest absolute Gasteiger partial charge is 0.497 e. The summed E-state index contributed by atoms with van der Waals surface area (Å²) in [4.78, 5) is 17.0. The van der Waals surface area contributed by atoms with E-state index in [0.717, 1.165) is 23.6 Å². The number of aryl methyl sites for hydroxylation is 2. The summed E-state index contributed by atoms with van der Waals surface area (Å²) in [5.74, 6) is 1.90. The predicted molar refractivity (Wildman–Crippen MR) is 106 cm³/mol. The van der Waals surface area contributed by atoms with Crippen molar-refractivity contribution in [3.63, 3.8) is 0 Å². The van der Waals surface area contributed by atoms with Gasteiger partial charge in [0.25, 0.3) is 5.91 Å². The van der Waals surface area contributed by atoms with Gasteiger partial charge in [-0.3, -0.25) is 9.78 Å². The molecule has 5 heteroatoms. The maximum absolute atomic E-state index is 12.6. The summed E-state index contributed by atoms with van der Waals surface area (Å²) in [5, 5.41) is 2.90. The molecular formula is C22H22N2O3. The lowest BCUT2D eigenvalue weighted by Gasteiger charge is -2.11. The highest BCUT2D eigenvalue weighted by Gasteiger charge is 2.11. The lowest BCUT2D eigenvalue weighted by atomic mass is 10.1. The first kappa shape index (κ1) is 18.5. The number of anilines is 1. The van der Waals surface area contributed by atoms with Crippen molar-refractivity contribution < 1.29 is 14.3 Å². The topological polar surface area (TPSA) is 60.5 Å². The van der Waals surface area contributed by atoms with E-state index in [4.69, 9.17) is 9.47 Å². The third-order valence-electron chi connectivity index (χ3n) is 4.14. The Kier molecular flexibility index (Phi) is 5.71. The van der Waals surface area contributed by atoms with E-state index in [9.17, 15) is 4.79 Å². The Bertz CT molecular complexity index is 937. The zero-order chi connectivity index (χ0) is 19.2. The number of carbonyl (C=O) groups is 1. The second-order valence-corrected chi connectivity index (χ2v) is 6.05. The van der Waals surface area contributed by atoms with E-state index in [2.05, 4.69) is 10.3 Å². The van der Waals surface area contributed by atoms with Crippen LogP contribution in [0.2, 0.25) is 0 Å². The summed E-state index contributed by atoms with van der Waals surface area (Å²) >= 11 is 0. The van der Waals surface area contributed by atoms with Gasteiger partial charge in [-0.15, -0.1) is 0 Å². The van der Waals surface area contributed by atoms with E-state index in [1.165, 1.54) is 0 Å². The first-order chi connectivity index (χ1) is 13.1. The van der Waals surface area contributed by atoms with E-state index >= 15 is 0 Å². The standard InChI is InChI=1S/C22H22N2O3/c1-4-16-8-13-21(15(2)23-16)22(25)24-17-6-5-7-20(14-17)27-19-11-9-18(26-3)10-12-19/h5-14H,4H2,1-3H3,(H,24,25). The van der Waals surface area contributed by atoms with Crippen molar-refractivity contribution in [2.24, 2.45) is 0 Å². The van der Waals surface area contributed by atoms with Gasteiger partial charge in [-0.1, -0.05) is 13.0 Å². The van der Waals surface area contributed by atoms with Gasteiger partial charge in [0.1, 0.15) is 17.2 Å². The summed E-state index contributed by atoms with van der Waals surface area (Å²) in [6.45, 7) is 3.88. The molecule has 0 spiro atoms. The fourth-order valence-corrected chi connectivity index (χ4v) is 2.67. The molecule has 0 bridgehead atoms. The summed E-state index contributed by atoms with van der Waals surface area (Å²) in [7, 11) is 1.62. The van der Waals surface area contributed by atoms with Crippen LogP contribution < -0.4 is 14.8 Å². The molecule has 0 unspecified atom stereocenters. The molecule has 1 aromatic heterocycles. The smallest absolute Gasteiger partial charge is 0.257 e. The third kappa shape index (κ3) is 4.64. The van der Waals surface area contributed by atoms with Crippen molar-refractivity contribution in [3.8, 4) is 17.2 Å². The Labute approximate surface area is 159 Å². The van der Waals surface area contributed by atoms with Crippen LogP contribution in [-0.2, 0) is 6.42 Å².